The van der Waals surface area contributed by atoms with Gasteiger partial charge in [0.15, 0.2) is 0 Å². The molecular weight excluding hydrogens is 370 g/mol. The molecule has 1 aliphatic rings. The van der Waals surface area contributed by atoms with Crippen LogP contribution < -0.4 is 9.64 Å². The van der Waals surface area contributed by atoms with Gasteiger partial charge in [0.05, 0.1) is 19.2 Å². The van der Waals surface area contributed by atoms with Crippen LogP contribution in [0.2, 0.25) is 0 Å². The fraction of sp³-hybridized carbons (Fsp3) is 0.364. The zero-order valence-corrected chi connectivity index (χ0v) is 16.9. The van der Waals surface area contributed by atoms with Crippen LogP contribution in [-0.2, 0) is 6.54 Å². The van der Waals surface area contributed by atoms with Crippen LogP contribution in [0.5, 0.6) is 5.75 Å². The van der Waals surface area contributed by atoms with Crippen molar-refractivity contribution in [3.05, 3.63) is 59.7 Å². The second kappa shape index (κ2) is 9.43. The standard InChI is InChI=1S/C22H27N3O4/c1-3-23-12-14-24(15-13-23)22(28)25(19-8-10-20(29-2)11-9-19)16-17-4-6-18(7-5-17)21(26)27/h4-11H,3,12-16H2,1-2H3,(H,26,27). The smallest absolute Gasteiger partial charge is 0.335 e. The van der Waals surface area contributed by atoms with Gasteiger partial charge >= 0.3 is 12.0 Å². The van der Waals surface area contributed by atoms with Crippen LogP contribution in [0, 0.1) is 0 Å². The number of carboxylic acids is 1. The van der Waals surface area contributed by atoms with Gasteiger partial charge in [0.25, 0.3) is 0 Å². The van der Waals surface area contributed by atoms with Gasteiger partial charge in [-0.2, -0.15) is 0 Å². The summed E-state index contributed by atoms with van der Waals surface area (Å²) in [5.41, 5.74) is 1.87. The van der Waals surface area contributed by atoms with Crippen molar-refractivity contribution in [2.45, 2.75) is 13.5 Å². The fourth-order valence-electron chi connectivity index (χ4n) is 3.39. The molecule has 0 unspecified atom stereocenters. The van der Waals surface area contributed by atoms with Crippen LogP contribution in [0.1, 0.15) is 22.8 Å². The third-order valence-corrected chi connectivity index (χ3v) is 5.25. The van der Waals surface area contributed by atoms with Crippen molar-refractivity contribution in [1.82, 2.24) is 9.80 Å². The SMILES string of the molecule is CCN1CCN(C(=O)N(Cc2ccc(C(=O)O)cc2)c2ccc(OC)cc2)CC1. The lowest BCUT2D eigenvalue weighted by atomic mass is 10.1. The molecule has 1 heterocycles. The molecule has 1 N–H and O–H groups in total. The maximum absolute atomic E-state index is 13.3. The largest absolute Gasteiger partial charge is 0.497 e. The van der Waals surface area contributed by atoms with Gasteiger partial charge in [0.2, 0.25) is 0 Å². The Morgan fingerprint density at radius 2 is 1.62 bits per heavy atom. The van der Waals surface area contributed by atoms with Crippen molar-refractivity contribution in [2.75, 3.05) is 44.7 Å². The lowest BCUT2D eigenvalue weighted by Gasteiger charge is -2.37. The van der Waals surface area contributed by atoms with Crippen LogP contribution >= 0.6 is 0 Å². The molecule has 3 rings (SSSR count). The highest BCUT2D eigenvalue weighted by molar-refractivity contribution is 5.92. The predicted molar refractivity (Wildman–Crippen MR) is 112 cm³/mol. The van der Waals surface area contributed by atoms with Crippen LogP contribution in [-0.4, -0.2) is 66.7 Å². The molecule has 0 aromatic heterocycles. The lowest BCUT2D eigenvalue weighted by Crippen LogP contribution is -2.52. The molecule has 0 saturated carbocycles. The summed E-state index contributed by atoms with van der Waals surface area (Å²) in [5.74, 6) is -0.239. The Labute approximate surface area is 171 Å². The Kier molecular flexibility index (Phi) is 6.72. The van der Waals surface area contributed by atoms with Gasteiger partial charge < -0.3 is 19.6 Å². The van der Waals surface area contributed by atoms with Gasteiger partial charge in [-0.15, -0.1) is 0 Å². The Balaban J connectivity index is 1.82. The minimum atomic E-state index is -0.964. The van der Waals surface area contributed by atoms with E-state index in [1.165, 1.54) is 0 Å². The number of benzene rings is 2. The number of anilines is 1. The first-order valence-corrected chi connectivity index (χ1v) is 9.77. The topological polar surface area (TPSA) is 73.3 Å². The van der Waals surface area contributed by atoms with Crippen molar-refractivity contribution < 1.29 is 19.4 Å². The quantitative estimate of drug-likeness (QED) is 0.811. The number of carboxylic acid groups (broad SMARTS) is 1. The van der Waals surface area contributed by atoms with E-state index in [2.05, 4.69) is 11.8 Å². The predicted octanol–water partition coefficient (Wildman–Crippen LogP) is 3.16. The van der Waals surface area contributed by atoms with E-state index in [1.807, 2.05) is 29.2 Å². The Bertz CT molecular complexity index is 828. The number of amides is 2. The minimum Gasteiger partial charge on any atom is -0.497 e. The van der Waals surface area contributed by atoms with Crippen LogP contribution in [0.4, 0.5) is 10.5 Å². The number of ether oxygens (including phenoxy) is 1. The Morgan fingerprint density at radius 3 is 2.14 bits per heavy atom. The number of hydrogen-bond donors (Lipinski definition) is 1. The molecule has 0 spiro atoms. The number of aromatic carboxylic acids is 1. The maximum atomic E-state index is 13.3. The van der Waals surface area contributed by atoms with Crippen LogP contribution in [0.15, 0.2) is 48.5 Å². The van der Waals surface area contributed by atoms with Gasteiger partial charge in [-0.25, -0.2) is 9.59 Å². The Morgan fingerprint density at radius 1 is 1.00 bits per heavy atom. The number of carbonyl (C=O) groups is 2. The molecule has 0 bridgehead atoms. The molecule has 1 saturated heterocycles. The molecule has 0 radical (unpaired) electrons. The minimum absolute atomic E-state index is 0.0479. The van der Waals surface area contributed by atoms with Gasteiger partial charge in [-0.3, -0.25) is 4.90 Å². The molecule has 2 aromatic carbocycles. The monoisotopic (exact) mass is 397 g/mol. The van der Waals surface area contributed by atoms with Crippen molar-refractivity contribution in [2.24, 2.45) is 0 Å². The number of rotatable bonds is 6. The summed E-state index contributed by atoms with van der Waals surface area (Å²) in [6.45, 7) is 6.59. The maximum Gasteiger partial charge on any atom is 0.335 e. The number of nitrogens with zero attached hydrogens (tertiary/aromatic N) is 3. The average molecular weight is 397 g/mol. The zero-order valence-electron chi connectivity index (χ0n) is 16.9. The summed E-state index contributed by atoms with van der Waals surface area (Å²) in [5, 5.41) is 9.10. The second-order valence-corrected chi connectivity index (χ2v) is 6.99. The molecule has 2 amide bonds. The van der Waals surface area contributed by atoms with Crippen molar-refractivity contribution in [3.63, 3.8) is 0 Å². The van der Waals surface area contributed by atoms with Crippen molar-refractivity contribution in [3.8, 4) is 5.75 Å². The van der Waals surface area contributed by atoms with E-state index >= 15 is 0 Å². The second-order valence-electron chi connectivity index (χ2n) is 6.99. The number of carbonyl (C=O) groups excluding carboxylic acids is 1. The molecule has 2 aromatic rings. The summed E-state index contributed by atoms with van der Waals surface area (Å²) in [4.78, 5) is 30.4. The van der Waals surface area contributed by atoms with Gasteiger partial charge in [-0.1, -0.05) is 19.1 Å². The van der Waals surface area contributed by atoms with E-state index in [9.17, 15) is 9.59 Å². The van der Waals surface area contributed by atoms with Gasteiger partial charge in [0.1, 0.15) is 5.75 Å². The van der Waals surface area contributed by atoms with E-state index in [0.717, 1.165) is 36.6 Å². The number of methoxy groups -OCH3 is 1. The number of likely N-dealkylation sites (N-methyl/N-ethyl adjacent to an activating group) is 1. The first-order chi connectivity index (χ1) is 14.0. The molecule has 154 valence electrons. The summed E-state index contributed by atoms with van der Waals surface area (Å²) in [6.07, 6.45) is 0. The highest BCUT2D eigenvalue weighted by Crippen LogP contribution is 2.23. The normalized spacial score (nSPS) is 14.5. The summed E-state index contributed by atoms with van der Waals surface area (Å²) in [7, 11) is 1.61. The summed E-state index contributed by atoms with van der Waals surface area (Å²) < 4.78 is 5.23. The molecule has 0 aliphatic carbocycles. The Hall–Kier alpha value is -3.06. The zero-order chi connectivity index (χ0) is 20.8. The van der Waals surface area contributed by atoms with Crippen LogP contribution in [0.3, 0.4) is 0 Å². The first-order valence-electron chi connectivity index (χ1n) is 9.77. The first kappa shape index (κ1) is 20.7. The highest BCUT2D eigenvalue weighted by atomic mass is 16.5. The third kappa shape index (κ3) is 5.06. The van der Waals surface area contributed by atoms with E-state index in [-0.39, 0.29) is 11.6 Å². The fourth-order valence-corrected chi connectivity index (χ4v) is 3.39. The molecule has 1 aliphatic heterocycles. The van der Waals surface area contributed by atoms with E-state index in [1.54, 1.807) is 36.3 Å². The van der Waals surface area contributed by atoms with E-state index < -0.39 is 5.97 Å². The highest BCUT2D eigenvalue weighted by Gasteiger charge is 2.26. The summed E-state index contributed by atoms with van der Waals surface area (Å²) in [6, 6.07) is 14.0. The molecular formula is C22H27N3O4. The molecule has 7 heteroatoms. The molecule has 7 nitrogen and oxygen atoms in total. The number of hydrogen-bond acceptors (Lipinski definition) is 4. The van der Waals surface area contributed by atoms with Crippen molar-refractivity contribution in [1.29, 1.82) is 0 Å². The molecule has 29 heavy (non-hydrogen) atoms. The lowest BCUT2D eigenvalue weighted by molar-refractivity contribution is 0.0697. The van der Waals surface area contributed by atoms with E-state index in [4.69, 9.17) is 9.84 Å². The number of piperazine rings is 1. The van der Waals surface area contributed by atoms with Crippen LogP contribution in [0.25, 0.3) is 0 Å². The molecule has 1 fully saturated rings. The van der Waals surface area contributed by atoms with Gasteiger partial charge in [-0.05, 0) is 48.5 Å². The third-order valence-electron chi connectivity index (χ3n) is 5.25. The summed E-state index contributed by atoms with van der Waals surface area (Å²) >= 11 is 0. The van der Waals surface area contributed by atoms with E-state index in [0.29, 0.717) is 19.6 Å². The average Bonchev–Trinajstić information content (AvgIpc) is 2.77. The molecule has 0 atom stereocenters. The number of urea groups is 1. The van der Waals surface area contributed by atoms with Crippen molar-refractivity contribution >= 4 is 17.7 Å². The van der Waals surface area contributed by atoms with Gasteiger partial charge in [0, 0.05) is 31.9 Å².